The standard InChI is InChI=1S/C23H21NO5/c1-27-23(26)17-8-6-16(7-9-17)14-29-22-15-28-20(10-21(22)25)13-24-11-18-4-2-3-5-19(18)12-24/h2-10,15H,11-14H2,1H3. The molecule has 4 rings (SSSR count). The van der Waals surface area contributed by atoms with Crippen LogP contribution in [0, 0.1) is 0 Å². The van der Waals surface area contributed by atoms with Crippen LogP contribution in [0.15, 0.2) is 70.1 Å². The van der Waals surface area contributed by atoms with Gasteiger partial charge < -0.3 is 13.9 Å². The molecular formula is C23H21NO5. The highest BCUT2D eigenvalue weighted by Crippen LogP contribution is 2.24. The third kappa shape index (κ3) is 4.38. The van der Waals surface area contributed by atoms with Crippen molar-refractivity contribution in [3.63, 3.8) is 0 Å². The monoisotopic (exact) mass is 391 g/mol. The van der Waals surface area contributed by atoms with E-state index in [-0.39, 0.29) is 17.8 Å². The summed E-state index contributed by atoms with van der Waals surface area (Å²) in [6.07, 6.45) is 1.36. The molecule has 1 aliphatic rings. The molecule has 2 heterocycles. The summed E-state index contributed by atoms with van der Waals surface area (Å²) in [5.41, 5.74) is 3.70. The van der Waals surface area contributed by atoms with Gasteiger partial charge in [-0.05, 0) is 28.8 Å². The van der Waals surface area contributed by atoms with E-state index in [4.69, 9.17) is 9.15 Å². The molecule has 6 nitrogen and oxygen atoms in total. The van der Waals surface area contributed by atoms with Gasteiger partial charge in [0.15, 0.2) is 0 Å². The average molecular weight is 391 g/mol. The van der Waals surface area contributed by atoms with E-state index in [2.05, 4.69) is 21.8 Å². The van der Waals surface area contributed by atoms with Crippen LogP contribution in [-0.2, 0) is 31.0 Å². The molecule has 0 saturated heterocycles. The van der Waals surface area contributed by atoms with E-state index in [9.17, 15) is 9.59 Å². The molecule has 1 aliphatic heterocycles. The highest BCUT2D eigenvalue weighted by Gasteiger charge is 2.19. The number of rotatable bonds is 6. The van der Waals surface area contributed by atoms with Gasteiger partial charge in [-0.25, -0.2) is 4.79 Å². The number of carbonyl (C=O) groups is 1. The first-order valence-corrected chi connectivity index (χ1v) is 9.33. The van der Waals surface area contributed by atoms with E-state index >= 15 is 0 Å². The third-order valence-electron chi connectivity index (χ3n) is 4.91. The summed E-state index contributed by atoms with van der Waals surface area (Å²) in [5.74, 6) is 0.378. The summed E-state index contributed by atoms with van der Waals surface area (Å²) < 4.78 is 15.9. The highest BCUT2D eigenvalue weighted by atomic mass is 16.5. The van der Waals surface area contributed by atoms with Crippen molar-refractivity contribution in [3.05, 3.63) is 99.1 Å². The van der Waals surface area contributed by atoms with Crippen LogP contribution < -0.4 is 10.2 Å². The maximum absolute atomic E-state index is 12.4. The van der Waals surface area contributed by atoms with Crippen LogP contribution in [0.1, 0.15) is 32.8 Å². The number of methoxy groups -OCH3 is 1. The minimum atomic E-state index is -0.394. The zero-order chi connectivity index (χ0) is 20.2. The molecule has 0 fully saturated rings. The largest absolute Gasteiger partial charge is 0.482 e. The van der Waals surface area contributed by atoms with Crippen LogP contribution in [0.2, 0.25) is 0 Å². The Kier molecular flexibility index (Phi) is 5.44. The number of esters is 1. The Morgan fingerprint density at radius 1 is 1.07 bits per heavy atom. The lowest BCUT2D eigenvalue weighted by atomic mass is 10.1. The van der Waals surface area contributed by atoms with Crippen LogP contribution in [0.3, 0.4) is 0 Å². The summed E-state index contributed by atoms with van der Waals surface area (Å²) in [7, 11) is 1.34. The number of hydrogen-bond donors (Lipinski definition) is 0. The van der Waals surface area contributed by atoms with Gasteiger partial charge in [0.2, 0.25) is 11.2 Å². The number of ether oxygens (including phenoxy) is 2. The van der Waals surface area contributed by atoms with E-state index in [1.165, 1.54) is 30.6 Å². The predicted octanol–water partition coefficient (Wildman–Crippen LogP) is 3.52. The molecule has 0 aliphatic carbocycles. The van der Waals surface area contributed by atoms with E-state index in [0.29, 0.717) is 17.9 Å². The summed E-state index contributed by atoms with van der Waals surface area (Å²) in [5, 5.41) is 0. The van der Waals surface area contributed by atoms with Gasteiger partial charge in [0.25, 0.3) is 0 Å². The number of fused-ring (bicyclic) bond motifs is 1. The van der Waals surface area contributed by atoms with Crippen LogP contribution >= 0.6 is 0 Å². The van der Waals surface area contributed by atoms with Crippen molar-refractivity contribution < 1.29 is 18.7 Å². The smallest absolute Gasteiger partial charge is 0.337 e. The van der Waals surface area contributed by atoms with E-state index in [0.717, 1.165) is 18.7 Å². The molecule has 2 aromatic carbocycles. The van der Waals surface area contributed by atoms with Gasteiger partial charge in [0.05, 0.1) is 19.2 Å². The second-order valence-corrected chi connectivity index (χ2v) is 6.97. The van der Waals surface area contributed by atoms with Crippen LogP contribution in [0.4, 0.5) is 0 Å². The number of benzene rings is 2. The van der Waals surface area contributed by atoms with Gasteiger partial charge in [-0.2, -0.15) is 0 Å². The lowest BCUT2D eigenvalue weighted by molar-refractivity contribution is 0.0600. The van der Waals surface area contributed by atoms with Crippen molar-refractivity contribution in [2.75, 3.05) is 7.11 Å². The fourth-order valence-electron chi connectivity index (χ4n) is 3.38. The molecule has 0 amide bonds. The molecule has 0 spiro atoms. The van der Waals surface area contributed by atoms with Crippen LogP contribution in [-0.4, -0.2) is 18.0 Å². The normalized spacial score (nSPS) is 13.1. The molecule has 1 aromatic heterocycles. The van der Waals surface area contributed by atoms with E-state index in [1.807, 2.05) is 12.1 Å². The van der Waals surface area contributed by atoms with E-state index in [1.54, 1.807) is 24.3 Å². The van der Waals surface area contributed by atoms with Crippen molar-refractivity contribution >= 4 is 5.97 Å². The minimum absolute atomic E-state index is 0.163. The Balaban J connectivity index is 1.35. The lowest BCUT2D eigenvalue weighted by Crippen LogP contribution is -2.17. The first kappa shape index (κ1) is 19.0. The Labute approximate surface area is 168 Å². The molecule has 0 bridgehead atoms. The minimum Gasteiger partial charge on any atom is -0.482 e. The zero-order valence-electron chi connectivity index (χ0n) is 16.1. The molecule has 3 aromatic rings. The Bertz CT molecular complexity index is 1050. The summed E-state index contributed by atoms with van der Waals surface area (Å²) in [6.45, 7) is 2.46. The molecule has 148 valence electrons. The predicted molar refractivity (Wildman–Crippen MR) is 106 cm³/mol. The highest BCUT2D eigenvalue weighted by molar-refractivity contribution is 5.89. The molecule has 0 atom stereocenters. The topological polar surface area (TPSA) is 69.0 Å². The van der Waals surface area contributed by atoms with Gasteiger partial charge in [-0.1, -0.05) is 36.4 Å². The quantitative estimate of drug-likeness (QED) is 0.599. The van der Waals surface area contributed by atoms with Crippen LogP contribution in [0.5, 0.6) is 5.75 Å². The fourth-order valence-corrected chi connectivity index (χ4v) is 3.38. The lowest BCUT2D eigenvalue weighted by Gasteiger charge is -2.14. The fraction of sp³-hybridized carbons (Fsp3) is 0.217. The van der Waals surface area contributed by atoms with Gasteiger partial charge in [0.1, 0.15) is 18.6 Å². The summed E-state index contributed by atoms with van der Waals surface area (Å²) in [4.78, 5) is 26.1. The molecule has 0 saturated carbocycles. The first-order chi connectivity index (χ1) is 14.1. The van der Waals surface area contributed by atoms with Crippen molar-refractivity contribution in [3.8, 4) is 5.75 Å². The third-order valence-corrected chi connectivity index (χ3v) is 4.91. The number of hydrogen-bond acceptors (Lipinski definition) is 6. The van der Waals surface area contributed by atoms with Crippen molar-refractivity contribution in [2.24, 2.45) is 0 Å². The summed E-state index contributed by atoms with van der Waals surface area (Å²) in [6, 6.07) is 16.6. The molecular weight excluding hydrogens is 370 g/mol. The Hall–Kier alpha value is -3.38. The molecule has 29 heavy (non-hydrogen) atoms. The summed E-state index contributed by atoms with van der Waals surface area (Å²) >= 11 is 0. The van der Waals surface area contributed by atoms with Gasteiger partial charge in [-0.15, -0.1) is 0 Å². The van der Waals surface area contributed by atoms with Gasteiger partial charge in [0, 0.05) is 19.2 Å². The number of carbonyl (C=O) groups excluding carboxylic acids is 1. The first-order valence-electron chi connectivity index (χ1n) is 9.33. The maximum atomic E-state index is 12.4. The second kappa shape index (κ2) is 8.32. The number of nitrogens with zero attached hydrogens (tertiary/aromatic N) is 1. The van der Waals surface area contributed by atoms with Gasteiger partial charge in [-0.3, -0.25) is 9.69 Å². The average Bonchev–Trinajstić information content (AvgIpc) is 3.15. The zero-order valence-corrected chi connectivity index (χ0v) is 16.1. The second-order valence-electron chi connectivity index (χ2n) is 6.97. The van der Waals surface area contributed by atoms with Crippen molar-refractivity contribution in [1.29, 1.82) is 0 Å². The van der Waals surface area contributed by atoms with Crippen molar-refractivity contribution in [2.45, 2.75) is 26.2 Å². The molecule has 6 heteroatoms. The Morgan fingerprint density at radius 2 is 1.76 bits per heavy atom. The molecule has 0 N–H and O–H groups in total. The van der Waals surface area contributed by atoms with E-state index < -0.39 is 5.97 Å². The Morgan fingerprint density at radius 3 is 2.38 bits per heavy atom. The maximum Gasteiger partial charge on any atom is 0.337 e. The van der Waals surface area contributed by atoms with Crippen molar-refractivity contribution in [1.82, 2.24) is 4.90 Å². The van der Waals surface area contributed by atoms with Crippen LogP contribution in [0.25, 0.3) is 0 Å². The molecule has 0 radical (unpaired) electrons. The van der Waals surface area contributed by atoms with Gasteiger partial charge >= 0.3 is 5.97 Å². The molecule has 0 unspecified atom stereocenters. The SMILES string of the molecule is COC(=O)c1ccc(COc2coc(CN3Cc4ccccc4C3)cc2=O)cc1.